The van der Waals surface area contributed by atoms with Gasteiger partial charge in [-0.3, -0.25) is 0 Å². The molecule has 0 unspecified atom stereocenters. The Kier molecular flexibility index (Phi) is 3.72. The lowest BCUT2D eigenvalue weighted by atomic mass is 10.1. The molecule has 0 aromatic carbocycles. The van der Waals surface area contributed by atoms with Gasteiger partial charge in [-0.1, -0.05) is 31.4 Å². The molecule has 0 heterocycles. The molecule has 0 aromatic heterocycles. The largest absolute Gasteiger partial charge is 0.324 e. The van der Waals surface area contributed by atoms with Crippen LogP contribution < -0.4 is 5.73 Å². The van der Waals surface area contributed by atoms with Crippen LogP contribution in [0.1, 0.15) is 6.92 Å². The first-order valence-corrected chi connectivity index (χ1v) is 2.92. The smallest absolute Gasteiger partial charge is 0.0260 e. The fourth-order valence-corrected chi connectivity index (χ4v) is 0.343. The summed E-state index contributed by atoms with van der Waals surface area (Å²) >= 11 is 0. The molecule has 0 aliphatic carbocycles. The van der Waals surface area contributed by atoms with Crippen LogP contribution in [-0.2, 0) is 0 Å². The molecule has 0 aromatic rings. The summed E-state index contributed by atoms with van der Waals surface area (Å²) in [6, 6.07) is 0.0428. The van der Waals surface area contributed by atoms with E-state index in [-0.39, 0.29) is 6.04 Å². The maximum atomic E-state index is 5.49. The number of hydrogen-bond acceptors (Lipinski definition) is 1. The summed E-state index contributed by atoms with van der Waals surface area (Å²) < 4.78 is 0. The molecule has 0 aliphatic rings. The number of allylic oxidation sites excluding steroid dienone is 2. The maximum Gasteiger partial charge on any atom is 0.0260 e. The monoisotopic (exact) mass is 123 g/mol. The second kappa shape index (κ2) is 4.10. The van der Waals surface area contributed by atoms with Gasteiger partial charge in [-0.2, -0.15) is 0 Å². The van der Waals surface area contributed by atoms with Crippen molar-refractivity contribution in [2.75, 3.05) is 0 Å². The van der Waals surface area contributed by atoms with Crippen LogP contribution in [0.4, 0.5) is 0 Å². The van der Waals surface area contributed by atoms with E-state index in [1.807, 2.05) is 19.1 Å². The molecule has 0 rings (SSSR count). The van der Waals surface area contributed by atoms with Gasteiger partial charge >= 0.3 is 0 Å². The average molecular weight is 123 g/mol. The van der Waals surface area contributed by atoms with Crippen molar-refractivity contribution in [1.82, 2.24) is 0 Å². The molecule has 0 spiro atoms. The first-order valence-electron chi connectivity index (χ1n) is 2.92. The van der Waals surface area contributed by atoms with Crippen molar-refractivity contribution in [3.8, 4) is 0 Å². The first-order chi connectivity index (χ1) is 4.18. The Morgan fingerprint density at radius 2 is 2.22 bits per heavy atom. The lowest BCUT2D eigenvalue weighted by Gasteiger charge is -2.01. The Hall–Kier alpha value is -0.820. The SMILES string of the molecule is C=C/C=C\C(=C)[C@@H](C)N. The zero-order valence-electron chi connectivity index (χ0n) is 5.80. The van der Waals surface area contributed by atoms with Gasteiger partial charge in [0.15, 0.2) is 0 Å². The van der Waals surface area contributed by atoms with Crippen molar-refractivity contribution < 1.29 is 0 Å². The Balaban J connectivity index is 3.76. The summed E-state index contributed by atoms with van der Waals surface area (Å²) in [7, 11) is 0. The van der Waals surface area contributed by atoms with Gasteiger partial charge in [-0.05, 0) is 12.5 Å². The highest BCUT2D eigenvalue weighted by atomic mass is 14.6. The molecular weight excluding hydrogens is 110 g/mol. The predicted molar refractivity (Wildman–Crippen MR) is 42.1 cm³/mol. The van der Waals surface area contributed by atoms with Gasteiger partial charge in [0.2, 0.25) is 0 Å². The van der Waals surface area contributed by atoms with Gasteiger partial charge in [-0.25, -0.2) is 0 Å². The van der Waals surface area contributed by atoms with E-state index < -0.39 is 0 Å². The summed E-state index contributed by atoms with van der Waals surface area (Å²) in [5, 5.41) is 0. The van der Waals surface area contributed by atoms with Gasteiger partial charge in [0.1, 0.15) is 0 Å². The second-order valence-electron chi connectivity index (χ2n) is 1.96. The zero-order valence-corrected chi connectivity index (χ0v) is 5.80. The van der Waals surface area contributed by atoms with Gasteiger partial charge in [0.05, 0.1) is 0 Å². The van der Waals surface area contributed by atoms with Crippen LogP contribution in [0.3, 0.4) is 0 Å². The number of hydrogen-bond donors (Lipinski definition) is 1. The van der Waals surface area contributed by atoms with Gasteiger partial charge < -0.3 is 5.73 Å². The molecule has 0 bridgehead atoms. The molecule has 1 atom stereocenters. The summed E-state index contributed by atoms with van der Waals surface area (Å²) in [6.07, 6.45) is 5.39. The van der Waals surface area contributed by atoms with Gasteiger partial charge in [-0.15, -0.1) is 0 Å². The number of rotatable bonds is 3. The summed E-state index contributed by atoms with van der Waals surface area (Å²) in [5.74, 6) is 0. The normalized spacial score (nSPS) is 13.6. The van der Waals surface area contributed by atoms with E-state index >= 15 is 0 Å². The molecular formula is C8H13N. The highest BCUT2D eigenvalue weighted by Crippen LogP contribution is 1.96. The lowest BCUT2D eigenvalue weighted by Crippen LogP contribution is -2.15. The third-order valence-corrected chi connectivity index (χ3v) is 1.03. The van der Waals surface area contributed by atoms with E-state index in [1.54, 1.807) is 6.08 Å². The standard InChI is InChI=1S/C8H13N/c1-4-5-6-7(2)8(3)9/h4-6,8H,1-2,9H2,3H3/b6-5-/t8-/m1/s1. The molecule has 0 radical (unpaired) electrons. The van der Waals surface area contributed by atoms with Crippen LogP contribution in [0.5, 0.6) is 0 Å². The van der Waals surface area contributed by atoms with Crippen LogP contribution in [0.2, 0.25) is 0 Å². The molecule has 0 fully saturated rings. The number of nitrogens with two attached hydrogens (primary N) is 1. The molecule has 1 nitrogen and oxygen atoms in total. The second-order valence-corrected chi connectivity index (χ2v) is 1.96. The molecule has 9 heavy (non-hydrogen) atoms. The molecule has 0 saturated carbocycles. The third-order valence-electron chi connectivity index (χ3n) is 1.03. The summed E-state index contributed by atoms with van der Waals surface area (Å²) in [5.41, 5.74) is 6.42. The van der Waals surface area contributed by atoms with E-state index in [9.17, 15) is 0 Å². The van der Waals surface area contributed by atoms with Crippen LogP contribution in [-0.4, -0.2) is 6.04 Å². The molecule has 0 saturated heterocycles. The minimum atomic E-state index is 0.0428. The Bertz CT molecular complexity index is 132. The highest BCUT2D eigenvalue weighted by Gasteiger charge is 1.91. The third kappa shape index (κ3) is 3.74. The van der Waals surface area contributed by atoms with Crippen molar-refractivity contribution in [2.24, 2.45) is 5.73 Å². The topological polar surface area (TPSA) is 26.0 Å². The van der Waals surface area contributed by atoms with E-state index in [0.717, 1.165) is 5.57 Å². The Labute approximate surface area is 56.6 Å². The van der Waals surface area contributed by atoms with Crippen LogP contribution >= 0.6 is 0 Å². The molecule has 2 N–H and O–H groups in total. The van der Waals surface area contributed by atoms with Crippen LogP contribution in [0, 0.1) is 0 Å². The minimum Gasteiger partial charge on any atom is -0.324 e. The Morgan fingerprint density at radius 1 is 1.67 bits per heavy atom. The molecule has 0 amide bonds. The van der Waals surface area contributed by atoms with E-state index in [4.69, 9.17) is 5.73 Å². The van der Waals surface area contributed by atoms with Crippen molar-refractivity contribution in [2.45, 2.75) is 13.0 Å². The summed E-state index contributed by atoms with van der Waals surface area (Å²) in [4.78, 5) is 0. The van der Waals surface area contributed by atoms with E-state index in [1.165, 1.54) is 0 Å². The molecule has 0 aliphatic heterocycles. The Morgan fingerprint density at radius 3 is 2.56 bits per heavy atom. The fourth-order valence-electron chi connectivity index (χ4n) is 0.343. The average Bonchev–Trinajstić information content (AvgIpc) is 1.82. The van der Waals surface area contributed by atoms with Gasteiger partial charge in [0, 0.05) is 6.04 Å². The first kappa shape index (κ1) is 8.18. The van der Waals surface area contributed by atoms with Crippen molar-refractivity contribution >= 4 is 0 Å². The minimum absolute atomic E-state index is 0.0428. The van der Waals surface area contributed by atoms with Gasteiger partial charge in [0.25, 0.3) is 0 Å². The van der Waals surface area contributed by atoms with Crippen LogP contribution in [0.25, 0.3) is 0 Å². The van der Waals surface area contributed by atoms with E-state index in [0.29, 0.717) is 0 Å². The van der Waals surface area contributed by atoms with Crippen molar-refractivity contribution in [1.29, 1.82) is 0 Å². The molecule has 1 heteroatoms. The lowest BCUT2D eigenvalue weighted by molar-refractivity contribution is 0.889. The zero-order chi connectivity index (χ0) is 7.28. The van der Waals surface area contributed by atoms with Crippen molar-refractivity contribution in [3.63, 3.8) is 0 Å². The molecule has 50 valence electrons. The fraction of sp³-hybridized carbons (Fsp3) is 0.250. The maximum absolute atomic E-state index is 5.49. The van der Waals surface area contributed by atoms with Crippen molar-refractivity contribution in [3.05, 3.63) is 37.0 Å². The quantitative estimate of drug-likeness (QED) is 0.567. The van der Waals surface area contributed by atoms with Crippen LogP contribution in [0.15, 0.2) is 37.0 Å². The predicted octanol–water partition coefficient (Wildman–Crippen LogP) is 1.63. The highest BCUT2D eigenvalue weighted by molar-refractivity contribution is 5.22. The summed E-state index contributed by atoms with van der Waals surface area (Å²) in [6.45, 7) is 9.15. The van der Waals surface area contributed by atoms with E-state index in [2.05, 4.69) is 13.2 Å².